The number of carbonyl (C=O) groups is 3. The van der Waals surface area contributed by atoms with Crippen LogP contribution < -0.4 is 20.3 Å². The Morgan fingerprint density at radius 2 is 1.71 bits per heavy atom. The third-order valence-corrected chi connectivity index (χ3v) is 4.07. The molecule has 0 fully saturated rings. The lowest BCUT2D eigenvalue weighted by atomic mass is 10.2. The van der Waals surface area contributed by atoms with Crippen LogP contribution in [0.4, 0.5) is 16.2 Å². The first-order chi connectivity index (χ1) is 14.6. The molecular weight excluding hydrogens is 398 g/mol. The van der Waals surface area contributed by atoms with Crippen molar-refractivity contribution >= 4 is 29.3 Å². The van der Waals surface area contributed by atoms with E-state index in [1.165, 1.54) is 12.0 Å². The van der Waals surface area contributed by atoms with Crippen LogP contribution in [0.5, 0.6) is 5.75 Å². The number of benzene rings is 2. The molecule has 0 atom stereocenters. The number of urea groups is 1. The summed E-state index contributed by atoms with van der Waals surface area (Å²) in [6.45, 7) is 6.58. The van der Waals surface area contributed by atoms with Crippen LogP contribution in [-0.2, 0) is 14.3 Å². The molecule has 0 unspecified atom stereocenters. The minimum Gasteiger partial charge on any atom is -0.497 e. The van der Waals surface area contributed by atoms with E-state index in [1.807, 2.05) is 25.1 Å². The first-order valence-corrected chi connectivity index (χ1v) is 9.85. The molecule has 0 saturated carbocycles. The van der Waals surface area contributed by atoms with Crippen LogP contribution in [0.3, 0.4) is 0 Å². The van der Waals surface area contributed by atoms with E-state index in [4.69, 9.17) is 9.47 Å². The van der Waals surface area contributed by atoms with E-state index in [2.05, 4.69) is 10.6 Å². The third kappa shape index (κ3) is 8.00. The summed E-state index contributed by atoms with van der Waals surface area (Å²) >= 11 is 0. The average Bonchev–Trinajstić information content (AvgIpc) is 2.69. The molecule has 0 spiro atoms. The maximum Gasteiger partial charge on any atom is 0.326 e. The fourth-order valence-corrected chi connectivity index (χ4v) is 2.74. The molecule has 8 heteroatoms. The van der Waals surface area contributed by atoms with Gasteiger partial charge in [0.1, 0.15) is 17.9 Å². The van der Waals surface area contributed by atoms with Crippen LogP contribution in [0.1, 0.15) is 26.3 Å². The van der Waals surface area contributed by atoms with Gasteiger partial charge in [0.25, 0.3) is 0 Å². The first kappa shape index (κ1) is 23.7. The Morgan fingerprint density at radius 1 is 1.03 bits per heavy atom. The molecule has 0 aliphatic heterocycles. The second kappa shape index (κ2) is 10.5. The lowest BCUT2D eigenvalue weighted by Gasteiger charge is -2.25. The lowest BCUT2D eigenvalue weighted by molar-refractivity contribution is -0.153. The highest BCUT2D eigenvalue weighted by molar-refractivity contribution is 6.01. The smallest absolute Gasteiger partial charge is 0.326 e. The quantitative estimate of drug-likeness (QED) is 0.659. The van der Waals surface area contributed by atoms with E-state index < -0.39 is 23.5 Å². The van der Waals surface area contributed by atoms with E-state index in [0.717, 1.165) is 5.56 Å². The fraction of sp³-hybridized carbons (Fsp3) is 0.348. The van der Waals surface area contributed by atoms with Crippen LogP contribution in [0, 0.1) is 6.92 Å². The van der Waals surface area contributed by atoms with Gasteiger partial charge < -0.3 is 20.1 Å². The number of ether oxygens (including phenoxy) is 2. The molecule has 0 aromatic heterocycles. The normalized spacial score (nSPS) is 10.7. The van der Waals surface area contributed by atoms with Gasteiger partial charge in [-0.3, -0.25) is 14.5 Å². The number of nitrogens with one attached hydrogen (secondary N) is 2. The minimum atomic E-state index is -0.683. The molecule has 8 nitrogen and oxygen atoms in total. The largest absolute Gasteiger partial charge is 0.497 e. The highest BCUT2D eigenvalue weighted by atomic mass is 16.6. The standard InChI is InChI=1S/C23H29N3O5/c1-16-7-6-8-17(13-16)25-22(29)24-14-20(27)26(15-21(28)31-23(2,3)4)18-9-11-19(30-5)12-10-18/h6-13H,14-15H2,1-5H3,(H2,24,25,29). The zero-order chi connectivity index (χ0) is 23.0. The Bertz CT molecular complexity index is 920. The van der Waals surface area contributed by atoms with Gasteiger partial charge in [-0.25, -0.2) is 4.79 Å². The zero-order valence-electron chi connectivity index (χ0n) is 18.5. The SMILES string of the molecule is COc1ccc(N(CC(=O)OC(C)(C)C)C(=O)CNC(=O)Nc2cccc(C)c2)cc1. The maximum atomic E-state index is 12.9. The number of hydrogen-bond donors (Lipinski definition) is 2. The summed E-state index contributed by atoms with van der Waals surface area (Å²) < 4.78 is 10.5. The molecule has 0 bridgehead atoms. The predicted octanol–water partition coefficient (Wildman–Crippen LogP) is 3.50. The van der Waals surface area contributed by atoms with Crippen molar-refractivity contribution in [1.82, 2.24) is 5.32 Å². The maximum absolute atomic E-state index is 12.9. The van der Waals surface area contributed by atoms with Crippen molar-refractivity contribution in [2.75, 3.05) is 30.4 Å². The number of carbonyl (C=O) groups excluding carboxylic acids is 3. The van der Waals surface area contributed by atoms with Gasteiger partial charge in [0.05, 0.1) is 13.7 Å². The van der Waals surface area contributed by atoms with Gasteiger partial charge in [-0.15, -0.1) is 0 Å². The Hall–Kier alpha value is -3.55. The molecule has 31 heavy (non-hydrogen) atoms. The third-order valence-electron chi connectivity index (χ3n) is 4.07. The number of nitrogens with zero attached hydrogens (tertiary/aromatic N) is 1. The van der Waals surface area contributed by atoms with E-state index in [1.54, 1.807) is 51.1 Å². The molecular formula is C23H29N3O5. The molecule has 0 radical (unpaired) electrons. The number of amides is 3. The van der Waals surface area contributed by atoms with Crippen molar-refractivity contribution in [3.05, 3.63) is 54.1 Å². The second-order valence-electron chi connectivity index (χ2n) is 7.94. The molecule has 2 aromatic carbocycles. The van der Waals surface area contributed by atoms with Gasteiger partial charge in [-0.1, -0.05) is 12.1 Å². The number of aryl methyl sites for hydroxylation is 1. The highest BCUT2D eigenvalue weighted by Crippen LogP contribution is 2.20. The van der Waals surface area contributed by atoms with Crippen LogP contribution in [0.15, 0.2) is 48.5 Å². The van der Waals surface area contributed by atoms with Gasteiger partial charge in [0.2, 0.25) is 5.91 Å². The Morgan fingerprint density at radius 3 is 2.29 bits per heavy atom. The van der Waals surface area contributed by atoms with Gasteiger partial charge in [0.15, 0.2) is 0 Å². The predicted molar refractivity (Wildman–Crippen MR) is 119 cm³/mol. The van der Waals surface area contributed by atoms with Crippen LogP contribution >= 0.6 is 0 Å². The number of anilines is 2. The van der Waals surface area contributed by atoms with Crippen LogP contribution in [0.25, 0.3) is 0 Å². The van der Waals surface area contributed by atoms with E-state index in [0.29, 0.717) is 17.1 Å². The average molecular weight is 428 g/mol. The molecule has 0 saturated heterocycles. The lowest BCUT2D eigenvalue weighted by Crippen LogP contribution is -2.45. The molecule has 0 aliphatic carbocycles. The van der Waals surface area contributed by atoms with Gasteiger partial charge >= 0.3 is 12.0 Å². The topological polar surface area (TPSA) is 97.0 Å². The first-order valence-electron chi connectivity index (χ1n) is 9.85. The summed E-state index contributed by atoms with van der Waals surface area (Å²) in [7, 11) is 1.54. The van der Waals surface area contributed by atoms with E-state index >= 15 is 0 Å². The summed E-state index contributed by atoms with van der Waals surface area (Å²) in [4.78, 5) is 38.6. The second-order valence-corrected chi connectivity index (χ2v) is 7.94. The summed E-state index contributed by atoms with van der Waals surface area (Å²) in [5.41, 5.74) is 1.41. The highest BCUT2D eigenvalue weighted by Gasteiger charge is 2.24. The van der Waals surface area contributed by atoms with Gasteiger partial charge in [-0.2, -0.15) is 0 Å². The molecule has 2 rings (SSSR count). The number of methoxy groups -OCH3 is 1. The number of rotatable bonds is 7. The fourth-order valence-electron chi connectivity index (χ4n) is 2.74. The van der Waals surface area contributed by atoms with E-state index in [-0.39, 0.29) is 13.1 Å². The molecule has 0 heterocycles. The zero-order valence-corrected chi connectivity index (χ0v) is 18.5. The minimum absolute atomic E-state index is 0.288. The van der Waals surface area contributed by atoms with Crippen molar-refractivity contribution in [2.24, 2.45) is 0 Å². The van der Waals surface area contributed by atoms with Crippen LogP contribution in [-0.4, -0.2) is 43.7 Å². The molecule has 166 valence electrons. The van der Waals surface area contributed by atoms with Crippen molar-refractivity contribution < 1.29 is 23.9 Å². The summed E-state index contributed by atoms with van der Waals surface area (Å²) in [5, 5.41) is 5.20. The van der Waals surface area contributed by atoms with E-state index in [9.17, 15) is 14.4 Å². The Balaban J connectivity index is 2.07. The number of hydrogen-bond acceptors (Lipinski definition) is 5. The van der Waals surface area contributed by atoms with Crippen molar-refractivity contribution in [2.45, 2.75) is 33.3 Å². The van der Waals surface area contributed by atoms with Gasteiger partial charge in [-0.05, 0) is 69.7 Å². The molecule has 3 amide bonds. The Labute approximate surface area is 182 Å². The van der Waals surface area contributed by atoms with Crippen molar-refractivity contribution in [1.29, 1.82) is 0 Å². The van der Waals surface area contributed by atoms with Gasteiger partial charge in [0, 0.05) is 11.4 Å². The number of esters is 1. The molecule has 0 aliphatic rings. The monoisotopic (exact) mass is 427 g/mol. The summed E-state index contributed by atoms with van der Waals surface area (Å²) in [6, 6.07) is 13.5. The van der Waals surface area contributed by atoms with Crippen LogP contribution in [0.2, 0.25) is 0 Å². The molecule has 2 aromatic rings. The van der Waals surface area contributed by atoms with Crippen molar-refractivity contribution in [3.63, 3.8) is 0 Å². The summed E-state index contributed by atoms with van der Waals surface area (Å²) in [6.07, 6.45) is 0. The van der Waals surface area contributed by atoms with Crippen molar-refractivity contribution in [3.8, 4) is 5.75 Å². The molecule has 2 N–H and O–H groups in total. The Kier molecular flexibility index (Phi) is 8.01. The summed E-state index contributed by atoms with van der Waals surface area (Å²) in [5.74, 6) is -0.402.